The molecular weight excluding hydrogens is 379 g/mol. The molecule has 4 heteroatoms. The van der Waals surface area contributed by atoms with Crippen molar-refractivity contribution in [1.82, 2.24) is 0 Å². The number of hydrogen-bond donors (Lipinski definition) is 0. The molecule has 0 fully saturated rings. The zero-order valence-electron chi connectivity index (χ0n) is 9.70. The van der Waals surface area contributed by atoms with Crippen LogP contribution in [0.25, 0.3) is 0 Å². The summed E-state index contributed by atoms with van der Waals surface area (Å²) in [5.74, 6) is -0.188. The summed E-state index contributed by atoms with van der Waals surface area (Å²) in [5, 5.41) is 5.94. The van der Waals surface area contributed by atoms with Crippen molar-refractivity contribution in [3.8, 4) is 0 Å². The molecule has 0 aliphatic carbocycles. The Morgan fingerprint density at radius 3 is 2.22 bits per heavy atom. The molecule has 0 aliphatic heterocycles. The number of benzene rings is 1. The highest BCUT2D eigenvalue weighted by atomic mass is 79.9. The molecule has 0 saturated heterocycles. The third kappa shape index (κ3) is 3.03. The largest absolute Gasteiger partial charge is 0.207 e. The van der Waals surface area contributed by atoms with Gasteiger partial charge >= 0.3 is 0 Å². The minimum Gasteiger partial charge on any atom is -0.207 e. The van der Waals surface area contributed by atoms with E-state index in [0.29, 0.717) is 0 Å². The highest BCUT2D eigenvalue weighted by Gasteiger charge is 2.30. The Morgan fingerprint density at radius 1 is 1.06 bits per heavy atom. The van der Waals surface area contributed by atoms with Gasteiger partial charge < -0.3 is 0 Å². The molecule has 0 saturated carbocycles. The number of rotatable bonds is 5. The van der Waals surface area contributed by atoms with Crippen LogP contribution in [0, 0.1) is 5.82 Å². The maximum Gasteiger partial charge on any atom is 0.123 e. The summed E-state index contributed by atoms with van der Waals surface area (Å²) in [7, 11) is 0. The SMILES string of the molecule is Fc1ccc(C(CBr)(CBr)Cc2ccsc2)cc1. The van der Waals surface area contributed by atoms with Crippen LogP contribution in [0.15, 0.2) is 41.1 Å². The molecule has 0 atom stereocenters. The third-order valence-electron chi connectivity index (χ3n) is 3.09. The summed E-state index contributed by atoms with van der Waals surface area (Å²) in [6.45, 7) is 0. The predicted octanol–water partition coefficient (Wildman–Crippen LogP) is 5.16. The second-order valence-electron chi connectivity index (χ2n) is 4.36. The molecule has 0 N–H and O–H groups in total. The average Bonchev–Trinajstić information content (AvgIpc) is 2.90. The minimum atomic E-state index is -0.188. The summed E-state index contributed by atoms with van der Waals surface area (Å²) in [5.41, 5.74) is 2.45. The molecule has 2 aromatic rings. The third-order valence-corrected chi connectivity index (χ3v) is 5.97. The van der Waals surface area contributed by atoms with E-state index in [4.69, 9.17) is 0 Å². The fraction of sp³-hybridized carbons (Fsp3) is 0.286. The first-order valence-electron chi connectivity index (χ1n) is 5.59. The van der Waals surface area contributed by atoms with E-state index >= 15 is 0 Å². The first kappa shape index (κ1) is 14.2. The van der Waals surface area contributed by atoms with Crippen molar-refractivity contribution in [2.24, 2.45) is 0 Å². The van der Waals surface area contributed by atoms with Gasteiger partial charge in [0.15, 0.2) is 0 Å². The van der Waals surface area contributed by atoms with Crippen LogP contribution < -0.4 is 0 Å². The molecule has 0 bridgehead atoms. The van der Waals surface area contributed by atoms with E-state index in [1.54, 1.807) is 11.3 Å². The smallest absolute Gasteiger partial charge is 0.123 e. The molecule has 1 aromatic heterocycles. The van der Waals surface area contributed by atoms with Crippen LogP contribution in [0.1, 0.15) is 11.1 Å². The van der Waals surface area contributed by atoms with Crippen molar-refractivity contribution >= 4 is 43.2 Å². The Bertz CT molecular complexity index is 475. The van der Waals surface area contributed by atoms with Crippen LogP contribution in [0.2, 0.25) is 0 Å². The fourth-order valence-corrected chi connectivity index (χ4v) is 4.62. The summed E-state index contributed by atoms with van der Waals surface area (Å²) >= 11 is 8.94. The molecule has 0 aliphatic rings. The standard InChI is InChI=1S/C14H13Br2FS/c15-9-14(10-16,7-11-5-6-18-8-11)12-1-3-13(17)4-2-12/h1-6,8H,7,9-10H2. The molecule has 96 valence electrons. The quantitative estimate of drug-likeness (QED) is 0.617. The monoisotopic (exact) mass is 390 g/mol. The van der Waals surface area contributed by atoms with Crippen LogP contribution in [0.3, 0.4) is 0 Å². The van der Waals surface area contributed by atoms with Gasteiger partial charge in [-0.15, -0.1) is 0 Å². The van der Waals surface area contributed by atoms with Gasteiger partial charge in [0.05, 0.1) is 0 Å². The number of halogens is 3. The molecule has 2 rings (SSSR count). The van der Waals surface area contributed by atoms with Crippen molar-refractivity contribution in [1.29, 1.82) is 0 Å². The lowest BCUT2D eigenvalue weighted by Gasteiger charge is -2.30. The fourth-order valence-electron chi connectivity index (χ4n) is 1.97. The molecular formula is C14H13Br2FS. The van der Waals surface area contributed by atoms with E-state index in [0.717, 1.165) is 22.6 Å². The molecule has 0 unspecified atom stereocenters. The van der Waals surface area contributed by atoms with Crippen molar-refractivity contribution in [3.05, 3.63) is 58.0 Å². The van der Waals surface area contributed by atoms with Crippen molar-refractivity contribution in [2.75, 3.05) is 10.7 Å². The number of alkyl halides is 2. The molecule has 0 nitrogen and oxygen atoms in total. The summed E-state index contributed by atoms with van der Waals surface area (Å²) in [6, 6.07) is 8.97. The van der Waals surface area contributed by atoms with Gasteiger partial charge in [0.2, 0.25) is 0 Å². The van der Waals surface area contributed by atoms with Crippen LogP contribution in [-0.2, 0) is 11.8 Å². The van der Waals surface area contributed by atoms with Crippen LogP contribution in [0.4, 0.5) is 4.39 Å². The van der Waals surface area contributed by atoms with E-state index in [1.807, 2.05) is 12.1 Å². The Kier molecular flexibility index (Phi) is 4.98. The van der Waals surface area contributed by atoms with Gasteiger partial charge in [0.1, 0.15) is 5.82 Å². The van der Waals surface area contributed by atoms with Gasteiger partial charge in [-0.2, -0.15) is 11.3 Å². The summed E-state index contributed by atoms with van der Waals surface area (Å²) < 4.78 is 13.0. The van der Waals surface area contributed by atoms with Crippen LogP contribution in [0.5, 0.6) is 0 Å². The van der Waals surface area contributed by atoms with Crippen LogP contribution in [-0.4, -0.2) is 10.7 Å². The maximum absolute atomic E-state index is 13.0. The van der Waals surface area contributed by atoms with E-state index in [-0.39, 0.29) is 11.2 Å². The van der Waals surface area contributed by atoms with E-state index < -0.39 is 0 Å². The Morgan fingerprint density at radius 2 is 1.72 bits per heavy atom. The zero-order valence-corrected chi connectivity index (χ0v) is 13.7. The highest BCUT2D eigenvalue weighted by Crippen LogP contribution is 2.33. The van der Waals surface area contributed by atoms with Gasteiger partial charge in [0, 0.05) is 16.1 Å². The Balaban J connectivity index is 2.33. The van der Waals surface area contributed by atoms with Gasteiger partial charge in [-0.3, -0.25) is 0 Å². The van der Waals surface area contributed by atoms with E-state index in [9.17, 15) is 4.39 Å². The minimum absolute atomic E-state index is 0.0330. The van der Waals surface area contributed by atoms with Gasteiger partial charge in [-0.1, -0.05) is 44.0 Å². The highest BCUT2D eigenvalue weighted by molar-refractivity contribution is 9.09. The summed E-state index contributed by atoms with van der Waals surface area (Å²) in [6.07, 6.45) is 0.943. The average molecular weight is 392 g/mol. The number of hydrogen-bond acceptors (Lipinski definition) is 1. The number of thiophene rings is 1. The van der Waals surface area contributed by atoms with Crippen molar-refractivity contribution in [2.45, 2.75) is 11.8 Å². The first-order chi connectivity index (χ1) is 8.70. The zero-order chi connectivity index (χ0) is 13.0. The first-order valence-corrected chi connectivity index (χ1v) is 8.78. The van der Waals surface area contributed by atoms with Crippen molar-refractivity contribution < 1.29 is 4.39 Å². The molecule has 0 spiro atoms. The maximum atomic E-state index is 13.0. The lowest BCUT2D eigenvalue weighted by Crippen LogP contribution is -2.32. The Labute approximate surface area is 127 Å². The van der Waals surface area contributed by atoms with E-state index in [1.165, 1.54) is 17.7 Å². The predicted molar refractivity (Wildman–Crippen MR) is 83.7 cm³/mol. The van der Waals surface area contributed by atoms with Gasteiger partial charge in [-0.05, 0) is 46.5 Å². The summed E-state index contributed by atoms with van der Waals surface area (Å²) in [4.78, 5) is 0. The second kappa shape index (κ2) is 6.31. The molecule has 0 radical (unpaired) electrons. The topological polar surface area (TPSA) is 0 Å². The van der Waals surface area contributed by atoms with E-state index in [2.05, 4.69) is 48.7 Å². The molecule has 1 heterocycles. The lowest BCUT2D eigenvalue weighted by molar-refractivity contribution is 0.548. The van der Waals surface area contributed by atoms with Crippen LogP contribution >= 0.6 is 43.2 Å². The molecule has 18 heavy (non-hydrogen) atoms. The van der Waals surface area contributed by atoms with Gasteiger partial charge in [-0.25, -0.2) is 4.39 Å². The second-order valence-corrected chi connectivity index (χ2v) is 6.26. The Hall–Kier alpha value is -0.190. The van der Waals surface area contributed by atoms with Crippen molar-refractivity contribution in [3.63, 3.8) is 0 Å². The molecule has 0 amide bonds. The molecule has 1 aromatic carbocycles. The normalized spacial score (nSPS) is 11.7. The van der Waals surface area contributed by atoms with Gasteiger partial charge in [0.25, 0.3) is 0 Å². The lowest BCUT2D eigenvalue weighted by atomic mass is 9.79.